The number of nitrogens with one attached hydrogen (secondary N) is 1. The standard InChI is InChI=1S/C17H29N3O/c1-13(16(2,3)4)20(6)12-17(19-5,15(18)21)14-10-8-7-9-11-14/h7-11,13,19H,12H2,1-6H3,(H2,18,21). The molecule has 0 radical (unpaired) electrons. The molecule has 1 aromatic rings. The Balaban J connectivity index is 3.14. The summed E-state index contributed by atoms with van der Waals surface area (Å²) in [5.41, 5.74) is 5.89. The van der Waals surface area contributed by atoms with Crippen molar-refractivity contribution in [3.05, 3.63) is 35.9 Å². The zero-order valence-electron chi connectivity index (χ0n) is 14.1. The van der Waals surface area contributed by atoms with Crippen molar-refractivity contribution in [1.29, 1.82) is 0 Å². The third kappa shape index (κ3) is 3.83. The third-order valence-corrected chi connectivity index (χ3v) is 4.52. The lowest BCUT2D eigenvalue weighted by Crippen LogP contribution is -2.59. The molecule has 0 bridgehead atoms. The number of benzene rings is 1. The number of primary amides is 1. The summed E-state index contributed by atoms with van der Waals surface area (Å²) in [6.07, 6.45) is 0. The molecule has 0 spiro atoms. The van der Waals surface area contributed by atoms with Crippen molar-refractivity contribution in [1.82, 2.24) is 10.2 Å². The SMILES string of the molecule is CNC(CN(C)C(C)C(C)(C)C)(C(N)=O)c1ccccc1. The molecule has 1 aromatic carbocycles. The van der Waals surface area contributed by atoms with E-state index in [0.29, 0.717) is 12.6 Å². The molecule has 0 aliphatic carbocycles. The monoisotopic (exact) mass is 291 g/mol. The molecule has 0 aromatic heterocycles. The summed E-state index contributed by atoms with van der Waals surface area (Å²) in [4.78, 5) is 14.4. The highest BCUT2D eigenvalue weighted by Gasteiger charge is 2.40. The lowest BCUT2D eigenvalue weighted by molar-refractivity contribution is -0.125. The van der Waals surface area contributed by atoms with Crippen molar-refractivity contribution in [2.75, 3.05) is 20.6 Å². The number of nitrogens with two attached hydrogens (primary N) is 1. The highest BCUT2D eigenvalue weighted by molar-refractivity contribution is 5.86. The molecule has 0 fully saturated rings. The lowest BCUT2D eigenvalue weighted by Gasteiger charge is -2.41. The first-order valence-electron chi connectivity index (χ1n) is 7.39. The average Bonchev–Trinajstić information content (AvgIpc) is 2.43. The first-order valence-corrected chi connectivity index (χ1v) is 7.39. The first-order chi connectivity index (χ1) is 9.65. The molecule has 0 heterocycles. The van der Waals surface area contributed by atoms with Crippen LogP contribution < -0.4 is 11.1 Å². The molecule has 3 N–H and O–H groups in total. The van der Waals surface area contributed by atoms with E-state index in [2.05, 4.69) is 37.9 Å². The van der Waals surface area contributed by atoms with Gasteiger partial charge in [-0.15, -0.1) is 0 Å². The molecule has 0 aliphatic heterocycles. The molecule has 21 heavy (non-hydrogen) atoms. The Morgan fingerprint density at radius 2 is 1.81 bits per heavy atom. The Labute approximate surface area is 128 Å². The van der Waals surface area contributed by atoms with Crippen molar-refractivity contribution < 1.29 is 4.79 Å². The van der Waals surface area contributed by atoms with Crippen LogP contribution in [0.5, 0.6) is 0 Å². The summed E-state index contributed by atoms with van der Waals surface area (Å²) in [7, 11) is 3.82. The van der Waals surface area contributed by atoms with E-state index < -0.39 is 5.54 Å². The number of hydrogen-bond donors (Lipinski definition) is 2. The summed E-state index contributed by atoms with van der Waals surface area (Å²) in [6, 6.07) is 9.99. The molecule has 0 saturated heterocycles. The normalized spacial score (nSPS) is 16.5. The fourth-order valence-corrected chi connectivity index (χ4v) is 2.55. The van der Waals surface area contributed by atoms with Gasteiger partial charge in [-0.25, -0.2) is 0 Å². The Bertz CT molecular complexity index is 467. The van der Waals surface area contributed by atoms with E-state index in [1.807, 2.05) is 37.4 Å². The molecule has 4 nitrogen and oxygen atoms in total. The largest absolute Gasteiger partial charge is 0.368 e. The Morgan fingerprint density at radius 3 is 2.19 bits per heavy atom. The molecule has 0 saturated carbocycles. The average molecular weight is 291 g/mol. The van der Waals surface area contributed by atoms with Crippen LogP contribution in [-0.2, 0) is 10.3 Å². The van der Waals surface area contributed by atoms with E-state index in [1.54, 1.807) is 7.05 Å². The highest BCUT2D eigenvalue weighted by atomic mass is 16.1. The van der Waals surface area contributed by atoms with Gasteiger partial charge in [0.2, 0.25) is 5.91 Å². The van der Waals surface area contributed by atoms with Crippen LogP contribution in [0, 0.1) is 5.41 Å². The second kappa shape index (κ2) is 6.58. The topological polar surface area (TPSA) is 58.4 Å². The molecule has 118 valence electrons. The van der Waals surface area contributed by atoms with Gasteiger partial charge in [0.15, 0.2) is 0 Å². The van der Waals surface area contributed by atoms with E-state index in [0.717, 1.165) is 5.56 Å². The van der Waals surface area contributed by atoms with Gasteiger partial charge >= 0.3 is 0 Å². The maximum Gasteiger partial charge on any atom is 0.243 e. The van der Waals surface area contributed by atoms with Crippen LogP contribution in [0.3, 0.4) is 0 Å². The van der Waals surface area contributed by atoms with Crippen molar-refractivity contribution >= 4 is 5.91 Å². The second-order valence-corrected chi connectivity index (χ2v) is 6.84. The van der Waals surface area contributed by atoms with Crippen LogP contribution in [0.4, 0.5) is 0 Å². The molecule has 4 heteroatoms. The Hall–Kier alpha value is -1.39. The van der Waals surface area contributed by atoms with Gasteiger partial charge in [-0.05, 0) is 32.0 Å². The smallest absolute Gasteiger partial charge is 0.243 e. The fourth-order valence-electron chi connectivity index (χ4n) is 2.55. The first kappa shape index (κ1) is 17.7. The van der Waals surface area contributed by atoms with Crippen molar-refractivity contribution in [2.45, 2.75) is 39.3 Å². The minimum atomic E-state index is -0.879. The van der Waals surface area contributed by atoms with E-state index in [1.165, 1.54) is 0 Å². The zero-order chi connectivity index (χ0) is 16.3. The van der Waals surface area contributed by atoms with Gasteiger partial charge in [0, 0.05) is 12.6 Å². The number of rotatable bonds is 6. The van der Waals surface area contributed by atoms with E-state index in [-0.39, 0.29) is 11.3 Å². The van der Waals surface area contributed by atoms with Crippen molar-refractivity contribution in [3.8, 4) is 0 Å². The summed E-state index contributed by atoms with van der Waals surface area (Å²) >= 11 is 0. The quantitative estimate of drug-likeness (QED) is 0.842. The Morgan fingerprint density at radius 1 is 1.29 bits per heavy atom. The van der Waals surface area contributed by atoms with Crippen LogP contribution in [0.25, 0.3) is 0 Å². The van der Waals surface area contributed by atoms with Gasteiger partial charge < -0.3 is 16.0 Å². The Kier molecular flexibility index (Phi) is 5.54. The van der Waals surface area contributed by atoms with Gasteiger partial charge in [0.05, 0.1) is 0 Å². The van der Waals surface area contributed by atoms with Gasteiger partial charge in [0.1, 0.15) is 5.54 Å². The molecule has 0 aliphatic rings. The van der Waals surface area contributed by atoms with Crippen LogP contribution >= 0.6 is 0 Å². The van der Waals surface area contributed by atoms with Gasteiger partial charge in [-0.2, -0.15) is 0 Å². The molecular weight excluding hydrogens is 262 g/mol. The number of hydrogen-bond acceptors (Lipinski definition) is 3. The molecule has 1 amide bonds. The predicted molar refractivity (Wildman–Crippen MR) is 87.9 cm³/mol. The minimum absolute atomic E-state index is 0.128. The fraction of sp³-hybridized carbons (Fsp3) is 0.588. The molecular formula is C17H29N3O. The van der Waals surface area contributed by atoms with Crippen LogP contribution in [-0.4, -0.2) is 37.5 Å². The number of carbonyl (C=O) groups excluding carboxylic acids is 1. The van der Waals surface area contributed by atoms with Crippen molar-refractivity contribution in [3.63, 3.8) is 0 Å². The van der Waals surface area contributed by atoms with Crippen LogP contribution in [0.1, 0.15) is 33.3 Å². The molecule has 2 atom stereocenters. The maximum absolute atomic E-state index is 12.2. The summed E-state index contributed by atoms with van der Waals surface area (Å²) in [5, 5.41) is 3.15. The summed E-state index contributed by atoms with van der Waals surface area (Å²) < 4.78 is 0. The maximum atomic E-state index is 12.2. The van der Waals surface area contributed by atoms with E-state index in [4.69, 9.17) is 5.73 Å². The van der Waals surface area contributed by atoms with E-state index >= 15 is 0 Å². The molecule has 1 rings (SSSR count). The third-order valence-electron chi connectivity index (χ3n) is 4.52. The predicted octanol–water partition coefficient (Wildman–Crippen LogP) is 1.95. The number of likely N-dealkylation sites (N-methyl/N-ethyl adjacent to an activating group) is 2. The lowest BCUT2D eigenvalue weighted by atomic mass is 9.84. The van der Waals surface area contributed by atoms with Crippen molar-refractivity contribution in [2.24, 2.45) is 11.1 Å². The number of carbonyl (C=O) groups is 1. The van der Waals surface area contributed by atoms with Gasteiger partial charge in [-0.1, -0.05) is 51.1 Å². The van der Waals surface area contributed by atoms with Gasteiger partial charge in [-0.3, -0.25) is 4.79 Å². The van der Waals surface area contributed by atoms with Gasteiger partial charge in [0.25, 0.3) is 0 Å². The number of amides is 1. The van der Waals surface area contributed by atoms with E-state index in [9.17, 15) is 4.79 Å². The molecule has 2 unspecified atom stereocenters. The number of nitrogens with zero attached hydrogens (tertiary/aromatic N) is 1. The highest BCUT2D eigenvalue weighted by Crippen LogP contribution is 2.27. The second-order valence-electron chi connectivity index (χ2n) is 6.84. The van der Waals surface area contributed by atoms with Crippen LogP contribution in [0.2, 0.25) is 0 Å². The van der Waals surface area contributed by atoms with Crippen LogP contribution in [0.15, 0.2) is 30.3 Å². The summed E-state index contributed by atoms with van der Waals surface area (Å²) in [6.45, 7) is 9.29. The minimum Gasteiger partial charge on any atom is -0.368 e. The summed E-state index contributed by atoms with van der Waals surface area (Å²) in [5.74, 6) is -0.357. The zero-order valence-corrected chi connectivity index (χ0v) is 14.1.